The molecular formula is C13H16N2OS. The number of aromatic nitrogens is 2. The van der Waals surface area contributed by atoms with E-state index in [2.05, 4.69) is 24.0 Å². The van der Waals surface area contributed by atoms with Crippen LogP contribution in [-0.2, 0) is 6.42 Å². The summed E-state index contributed by atoms with van der Waals surface area (Å²) in [6.45, 7) is 4.28. The lowest BCUT2D eigenvalue weighted by atomic mass is 10.1. The first-order valence-corrected chi connectivity index (χ1v) is 6.51. The van der Waals surface area contributed by atoms with Crippen molar-refractivity contribution in [3.63, 3.8) is 0 Å². The van der Waals surface area contributed by atoms with Crippen molar-refractivity contribution in [3.05, 3.63) is 46.4 Å². The summed E-state index contributed by atoms with van der Waals surface area (Å²) in [4.78, 5) is 13.6. The summed E-state index contributed by atoms with van der Waals surface area (Å²) in [6, 6.07) is 9.95. The zero-order chi connectivity index (χ0) is 12.3. The summed E-state index contributed by atoms with van der Waals surface area (Å²) in [7, 11) is 0. The Kier molecular flexibility index (Phi) is 3.74. The molecule has 0 saturated carbocycles. The minimum Gasteiger partial charge on any atom is -0.301 e. The van der Waals surface area contributed by atoms with Gasteiger partial charge < -0.3 is 5.10 Å². The van der Waals surface area contributed by atoms with Gasteiger partial charge in [-0.1, -0.05) is 43.8 Å². The number of aromatic amines is 2. The molecule has 90 valence electrons. The van der Waals surface area contributed by atoms with Crippen molar-refractivity contribution in [2.45, 2.75) is 30.1 Å². The van der Waals surface area contributed by atoms with Crippen LogP contribution < -0.4 is 5.56 Å². The molecule has 0 atom stereocenters. The minimum atomic E-state index is -0.0329. The maximum Gasteiger partial charge on any atom is 0.278 e. The molecule has 0 unspecified atom stereocenters. The third-order valence-corrected chi connectivity index (χ3v) is 3.53. The van der Waals surface area contributed by atoms with E-state index in [0.717, 1.165) is 21.9 Å². The first kappa shape index (κ1) is 12.0. The standard InChI is InChI=1S/C13H16N2OS/c1-9(2)8-11-12(13(16)15-14-11)17-10-6-4-3-5-7-10/h3-7,9H,8H2,1-2H3,(H2,14,15,16). The molecule has 0 bridgehead atoms. The van der Waals surface area contributed by atoms with Crippen LogP contribution in [0.15, 0.2) is 44.9 Å². The van der Waals surface area contributed by atoms with Crippen LogP contribution in [0, 0.1) is 5.92 Å². The topological polar surface area (TPSA) is 48.6 Å². The van der Waals surface area contributed by atoms with E-state index in [1.54, 1.807) is 0 Å². The molecule has 2 N–H and O–H groups in total. The molecule has 0 amide bonds. The van der Waals surface area contributed by atoms with Gasteiger partial charge in [-0.2, -0.15) is 0 Å². The highest BCUT2D eigenvalue weighted by Gasteiger charge is 2.12. The summed E-state index contributed by atoms with van der Waals surface area (Å²) in [5.74, 6) is 0.525. The number of nitrogens with one attached hydrogen (secondary N) is 2. The number of hydrogen-bond acceptors (Lipinski definition) is 2. The number of rotatable bonds is 4. The van der Waals surface area contributed by atoms with Gasteiger partial charge in [0, 0.05) is 4.90 Å². The molecule has 0 fully saturated rings. The molecular weight excluding hydrogens is 232 g/mol. The van der Waals surface area contributed by atoms with Crippen LogP contribution in [0.1, 0.15) is 19.5 Å². The Morgan fingerprint density at radius 1 is 1.18 bits per heavy atom. The van der Waals surface area contributed by atoms with Gasteiger partial charge in [-0.25, -0.2) is 0 Å². The van der Waals surface area contributed by atoms with Gasteiger partial charge in [0.1, 0.15) is 0 Å². The molecule has 1 heterocycles. The lowest BCUT2D eigenvalue weighted by Gasteiger charge is -2.04. The average Bonchev–Trinajstić information content (AvgIpc) is 2.62. The van der Waals surface area contributed by atoms with Gasteiger partial charge in [-0.15, -0.1) is 0 Å². The van der Waals surface area contributed by atoms with Crippen LogP contribution in [-0.4, -0.2) is 10.2 Å². The highest BCUT2D eigenvalue weighted by Crippen LogP contribution is 2.27. The fraction of sp³-hybridized carbons (Fsp3) is 0.308. The Morgan fingerprint density at radius 2 is 1.88 bits per heavy atom. The van der Waals surface area contributed by atoms with Crippen molar-refractivity contribution in [1.29, 1.82) is 0 Å². The van der Waals surface area contributed by atoms with Crippen LogP contribution in [0.25, 0.3) is 0 Å². The number of hydrogen-bond donors (Lipinski definition) is 2. The Labute approximate surface area is 105 Å². The third-order valence-electron chi connectivity index (χ3n) is 2.38. The first-order chi connectivity index (χ1) is 8.16. The normalized spacial score (nSPS) is 11.0. The summed E-state index contributed by atoms with van der Waals surface area (Å²) >= 11 is 1.51. The van der Waals surface area contributed by atoms with Crippen molar-refractivity contribution in [1.82, 2.24) is 10.2 Å². The summed E-state index contributed by atoms with van der Waals surface area (Å²) in [5, 5.41) is 5.63. The number of H-pyrrole nitrogens is 2. The van der Waals surface area contributed by atoms with E-state index in [9.17, 15) is 4.79 Å². The van der Waals surface area contributed by atoms with Crippen LogP contribution in [0.5, 0.6) is 0 Å². The van der Waals surface area contributed by atoms with Gasteiger partial charge in [0.05, 0.1) is 10.6 Å². The maximum atomic E-state index is 11.7. The van der Waals surface area contributed by atoms with Gasteiger partial charge >= 0.3 is 0 Å². The third kappa shape index (κ3) is 3.03. The molecule has 0 aliphatic rings. The highest BCUT2D eigenvalue weighted by atomic mass is 32.2. The monoisotopic (exact) mass is 248 g/mol. The predicted molar refractivity (Wildman–Crippen MR) is 70.5 cm³/mol. The molecule has 17 heavy (non-hydrogen) atoms. The fourth-order valence-electron chi connectivity index (χ4n) is 1.65. The minimum absolute atomic E-state index is 0.0329. The van der Waals surface area contributed by atoms with Gasteiger partial charge in [0.15, 0.2) is 0 Å². The van der Waals surface area contributed by atoms with Crippen LogP contribution >= 0.6 is 11.8 Å². The molecule has 1 aromatic heterocycles. The van der Waals surface area contributed by atoms with E-state index in [4.69, 9.17) is 0 Å². The van der Waals surface area contributed by atoms with Crippen LogP contribution in [0.4, 0.5) is 0 Å². The zero-order valence-electron chi connectivity index (χ0n) is 9.99. The van der Waals surface area contributed by atoms with E-state index < -0.39 is 0 Å². The largest absolute Gasteiger partial charge is 0.301 e. The number of benzene rings is 1. The second-order valence-electron chi connectivity index (χ2n) is 4.40. The van der Waals surface area contributed by atoms with Crippen molar-refractivity contribution < 1.29 is 0 Å². The Morgan fingerprint density at radius 3 is 2.53 bits per heavy atom. The van der Waals surface area contributed by atoms with Crippen molar-refractivity contribution in [2.24, 2.45) is 5.92 Å². The van der Waals surface area contributed by atoms with Gasteiger partial charge in [-0.05, 0) is 24.5 Å². The molecule has 0 aliphatic carbocycles. The zero-order valence-corrected chi connectivity index (χ0v) is 10.8. The highest BCUT2D eigenvalue weighted by molar-refractivity contribution is 7.99. The lowest BCUT2D eigenvalue weighted by molar-refractivity contribution is 0.627. The molecule has 0 radical (unpaired) electrons. The second-order valence-corrected chi connectivity index (χ2v) is 5.48. The van der Waals surface area contributed by atoms with E-state index in [1.165, 1.54) is 11.8 Å². The molecule has 0 saturated heterocycles. The molecule has 4 heteroatoms. The molecule has 2 rings (SSSR count). The lowest BCUT2D eigenvalue weighted by Crippen LogP contribution is -2.02. The summed E-state index contributed by atoms with van der Waals surface area (Å²) in [6.07, 6.45) is 0.883. The van der Waals surface area contributed by atoms with E-state index in [-0.39, 0.29) is 5.56 Å². The Balaban J connectivity index is 2.26. The summed E-state index contributed by atoms with van der Waals surface area (Å²) in [5.41, 5.74) is 0.966. The van der Waals surface area contributed by atoms with Gasteiger partial charge in [0.25, 0.3) is 5.56 Å². The SMILES string of the molecule is CC(C)Cc1[nH][nH]c(=O)c1Sc1ccccc1. The van der Waals surface area contributed by atoms with Crippen molar-refractivity contribution in [2.75, 3.05) is 0 Å². The maximum absolute atomic E-state index is 11.7. The van der Waals surface area contributed by atoms with Crippen molar-refractivity contribution >= 4 is 11.8 Å². The van der Waals surface area contributed by atoms with E-state index in [0.29, 0.717) is 5.92 Å². The molecule has 0 aliphatic heterocycles. The van der Waals surface area contributed by atoms with Gasteiger partial charge in [0.2, 0.25) is 0 Å². The van der Waals surface area contributed by atoms with Crippen LogP contribution in [0.3, 0.4) is 0 Å². The summed E-state index contributed by atoms with van der Waals surface area (Å²) < 4.78 is 0. The second kappa shape index (κ2) is 5.27. The molecule has 3 nitrogen and oxygen atoms in total. The molecule has 1 aromatic carbocycles. The van der Waals surface area contributed by atoms with E-state index in [1.807, 2.05) is 30.3 Å². The Bertz CT molecular complexity index is 528. The first-order valence-electron chi connectivity index (χ1n) is 5.69. The van der Waals surface area contributed by atoms with E-state index >= 15 is 0 Å². The average molecular weight is 248 g/mol. The van der Waals surface area contributed by atoms with Crippen LogP contribution in [0.2, 0.25) is 0 Å². The smallest absolute Gasteiger partial charge is 0.278 e. The fourth-order valence-corrected chi connectivity index (χ4v) is 2.58. The molecule has 2 aromatic rings. The molecule has 0 spiro atoms. The predicted octanol–water partition coefficient (Wildman–Crippen LogP) is 3.05. The van der Waals surface area contributed by atoms with Gasteiger partial charge in [-0.3, -0.25) is 9.89 Å². The van der Waals surface area contributed by atoms with Crippen molar-refractivity contribution in [3.8, 4) is 0 Å². The quantitative estimate of drug-likeness (QED) is 0.873. The Hall–Kier alpha value is -1.42.